The molecular formula is C34H43N7O13S. The summed E-state index contributed by atoms with van der Waals surface area (Å²) in [5.41, 5.74) is -0.855. The molecule has 20 nitrogen and oxygen atoms in total. The van der Waals surface area contributed by atoms with E-state index < -0.39 is 45.2 Å². The molecule has 4 aromatic rings. The van der Waals surface area contributed by atoms with Gasteiger partial charge in [0.25, 0.3) is 15.9 Å². The second-order valence-corrected chi connectivity index (χ2v) is 13.9. The first-order valence-electron chi connectivity index (χ1n) is 16.7. The third-order valence-corrected chi connectivity index (χ3v) is 9.55. The summed E-state index contributed by atoms with van der Waals surface area (Å²) < 4.78 is 53.7. The van der Waals surface area contributed by atoms with E-state index in [4.69, 9.17) is 44.6 Å². The molecule has 3 aromatic heterocycles. The van der Waals surface area contributed by atoms with Gasteiger partial charge in [-0.05, 0) is 69.5 Å². The molecule has 0 aliphatic carbocycles. The molecule has 3 heterocycles. The fraction of sp³-hybridized carbons (Fsp3) is 0.382. The third-order valence-electron chi connectivity index (χ3n) is 7.69. The fourth-order valence-corrected chi connectivity index (χ4v) is 6.81. The molecule has 0 aliphatic rings. The number of aromatic nitrogens is 4. The van der Waals surface area contributed by atoms with Gasteiger partial charge in [0.05, 0.1) is 25.0 Å². The summed E-state index contributed by atoms with van der Waals surface area (Å²) in [4.78, 5) is 40.1. The van der Waals surface area contributed by atoms with Crippen LogP contribution in [0.15, 0.2) is 72.1 Å². The zero-order chi connectivity index (χ0) is 40.2. The normalized spacial score (nSPS) is 12.4. The second kappa shape index (κ2) is 19.5. The number of ether oxygens (including phenoxy) is 4. The lowest BCUT2D eigenvalue weighted by Gasteiger charge is -2.37. The van der Waals surface area contributed by atoms with Gasteiger partial charge < -0.3 is 18.9 Å². The van der Waals surface area contributed by atoms with E-state index in [1.165, 1.54) is 52.7 Å². The van der Waals surface area contributed by atoms with Crippen LogP contribution in [0, 0.1) is 6.92 Å². The molecule has 0 saturated heterocycles. The highest BCUT2D eigenvalue weighted by atomic mass is 32.2. The number of para-hydroxylation sites is 2. The molecule has 1 aromatic carbocycles. The highest BCUT2D eigenvalue weighted by Crippen LogP contribution is 2.46. The van der Waals surface area contributed by atoms with Crippen molar-refractivity contribution in [1.29, 1.82) is 0 Å². The van der Waals surface area contributed by atoms with Crippen molar-refractivity contribution < 1.29 is 62.7 Å². The zero-order valence-corrected chi connectivity index (χ0v) is 31.5. The maximum Gasteiger partial charge on any atom is 0.307 e. The largest absolute Gasteiger partial charge is 0.493 e. The van der Waals surface area contributed by atoms with Crippen molar-refractivity contribution in [2.75, 3.05) is 25.1 Å². The Morgan fingerprint density at radius 1 is 0.891 bits per heavy atom. The number of sulfonamides is 1. The van der Waals surface area contributed by atoms with Gasteiger partial charge >= 0.3 is 5.97 Å². The Morgan fingerprint density at radius 3 is 2.22 bits per heavy atom. The maximum absolute atomic E-state index is 14.8. The van der Waals surface area contributed by atoms with Gasteiger partial charge in [0, 0.05) is 30.6 Å². The van der Waals surface area contributed by atoms with Crippen LogP contribution >= 0.6 is 0 Å². The molecule has 0 spiro atoms. The number of carbonyl (C=O) groups excluding carboxylic acids is 1. The van der Waals surface area contributed by atoms with E-state index in [9.17, 15) is 13.2 Å². The molecule has 1 atom stereocenters. The summed E-state index contributed by atoms with van der Waals surface area (Å²) in [6, 6.07) is 12.7. The number of carbonyl (C=O) groups is 1. The summed E-state index contributed by atoms with van der Waals surface area (Å²) >= 11 is 0. The second-order valence-electron chi connectivity index (χ2n) is 12.2. The number of unbranched alkanes of at least 4 members (excludes halogenated alkanes) is 2. The maximum atomic E-state index is 14.8. The molecule has 0 bridgehead atoms. The van der Waals surface area contributed by atoms with Crippen molar-refractivity contribution in [2.45, 2.75) is 69.7 Å². The third kappa shape index (κ3) is 11.7. The van der Waals surface area contributed by atoms with Crippen LogP contribution in [-0.2, 0) is 29.2 Å². The molecule has 55 heavy (non-hydrogen) atoms. The van der Waals surface area contributed by atoms with E-state index in [0.717, 1.165) is 4.31 Å². The van der Waals surface area contributed by atoms with Crippen LogP contribution in [0.1, 0.15) is 51.5 Å². The van der Waals surface area contributed by atoms with Gasteiger partial charge in [-0.25, -0.2) is 23.9 Å². The first kappa shape index (κ1) is 42.6. The van der Waals surface area contributed by atoms with Crippen molar-refractivity contribution in [3.63, 3.8) is 0 Å². The van der Waals surface area contributed by atoms with Gasteiger partial charge in [0.15, 0.2) is 33.9 Å². The van der Waals surface area contributed by atoms with E-state index in [2.05, 4.69) is 24.8 Å². The number of nitrogens with zero attached hydrogens (tertiary/aromatic N) is 7. The van der Waals surface area contributed by atoms with E-state index in [1.54, 1.807) is 49.4 Å². The van der Waals surface area contributed by atoms with Crippen molar-refractivity contribution >= 4 is 21.8 Å². The SMILES string of the molecule is COc1ccccc1Oc1c(OC)nc(-c2ccncc2)nc1N(C(C)(C)OC(=O)CCCCCC(CON(O)O)ON(O)O)S(=O)(=O)c1ccc(C)cn1. The summed E-state index contributed by atoms with van der Waals surface area (Å²) in [5.74, 6) is -1.04. The quantitative estimate of drug-likeness (QED) is 0.0380. The molecule has 4 N–H and O–H groups in total. The predicted molar refractivity (Wildman–Crippen MR) is 188 cm³/mol. The molecule has 0 fully saturated rings. The van der Waals surface area contributed by atoms with Crippen molar-refractivity contribution in [2.24, 2.45) is 0 Å². The molecule has 0 amide bonds. The Labute approximate surface area is 316 Å². The van der Waals surface area contributed by atoms with Crippen LogP contribution in [0.4, 0.5) is 5.82 Å². The summed E-state index contributed by atoms with van der Waals surface area (Å²) in [6.07, 6.45) is 4.44. The van der Waals surface area contributed by atoms with E-state index in [0.29, 0.717) is 29.7 Å². The molecule has 0 saturated carbocycles. The smallest absolute Gasteiger partial charge is 0.307 e. The molecule has 4 rings (SSSR count). The minimum atomic E-state index is -4.72. The van der Waals surface area contributed by atoms with Crippen molar-refractivity contribution in [3.05, 3.63) is 72.7 Å². The number of esters is 1. The molecular weight excluding hydrogens is 746 g/mol. The molecule has 1 unspecified atom stereocenters. The molecule has 0 aliphatic heterocycles. The number of hydrogen-bond acceptors (Lipinski definition) is 19. The number of rotatable bonds is 21. The Balaban J connectivity index is 1.74. The fourth-order valence-electron chi connectivity index (χ4n) is 5.22. The Hall–Kier alpha value is -5.10. The number of methoxy groups -OCH3 is 2. The van der Waals surface area contributed by atoms with Gasteiger partial charge in [0.1, 0.15) is 12.7 Å². The highest BCUT2D eigenvalue weighted by molar-refractivity contribution is 7.92. The van der Waals surface area contributed by atoms with E-state index >= 15 is 0 Å². The van der Waals surface area contributed by atoms with Gasteiger partial charge in [-0.2, -0.15) is 13.4 Å². The van der Waals surface area contributed by atoms with E-state index in [-0.39, 0.29) is 53.3 Å². The van der Waals surface area contributed by atoms with Crippen LogP contribution in [0.5, 0.6) is 23.1 Å². The topological polar surface area (TPSA) is 249 Å². The first-order valence-corrected chi connectivity index (χ1v) is 18.1. The number of aryl methyl sites for hydroxylation is 1. The lowest BCUT2D eigenvalue weighted by molar-refractivity contribution is -0.527. The molecule has 21 heteroatoms. The highest BCUT2D eigenvalue weighted by Gasteiger charge is 2.45. The van der Waals surface area contributed by atoms with Crippen LogP contribution in [-0.4, -0.2) is 98.6 Å². The van der Waals surface area contributed by atoms with Crippen LogP contribution < -0.4 is 18.5 Å². The van der Waals surface area contributed by atoms with Crippen LogP contribution in [0.2, 0.25) is 0 Å². The lowest BCUT2D eigenvalue weighted by Crippen LogP contribution is -2.51. The van der Waals surface area contributed by atoms with Gasteiger partial charge in [-0.3, -0.25) is 30.6 Å². The van der Waals surface area contributed by atoms with Crippen LogP contribution in [0.25, 0.3) is 11.4 Å². The Kier molecular flexibility index (Phi) is 15.1. The molecule has 298 valence electrons. The monoisotopic (exact) mass is 789 g/mol. The Morgan fingerprint density at radius 2 is 1.60 bits per heavy atom. The Bertz CT molecular complexity index is 1950. The minimum Gasteiger partial charge on any atom is -0.493 e. The number of pyridine rings is 2. The van der Waals surface area contributed by atoms with Gasteiger partial charge in [-0.15, -0.1) is 0 Å². The van der Waals surface area contributed by atoms with Crippen molar-refractivity contribution in [3.8, 4) is 34.5 Å². The summed E-state index contributed by atoms with van der Waals surface area (Å²) in [7, 11) is -1.97. The minimum absolute atomic E-state index is 0.0321. The van der Waals surface area contributed by atoms with Crippen molar-refractivity contribution in [1.82, 2.24) is 30.7 Å². The van der Waals surface area contributed by atoms with Crippen LogP contribution in [0.3, 0.4) is 0 Å². The summed E-state index contributed by atoms with van der Waals surface area (Å²) in [6.45, 7) is 4.04. The van der Waals surface area contributed by atoms with Gasteiger partial charge in [0.2, 0.25) is 5.75 Å². The molecule has 0 radical (unpaired) electrons. The lowest BCUT2D eigenvalue weighted by atomic mass is 10.1. The average molecular weight is 790 g/mol. The zero-order valence-electron chi connectivity index (χ0n) is 30.7. The van der Waals surface area contributed by atoms with E-state index in [1.807, 2.05) is 0 Å². The summed E-state index contributed by atoms with van der Waals surface area (Å²) in [5, 5.41) is 34.1. The van der Waals surface area contributed by atoms with Gasteiger partial charge in [-0.1, -0.05) is 31.0 Å². The number of benzene rings is 1. The average Bonchev–Trinajstić information content (AvgIpc) is 3.14. The standard InChI is InChI=1S/C34H43N7O13S/c1-23-15-16-28(36-21-23)55(47,48)39(34(2,3)53-29(42)14-8-6-7-11-25(54-41(45)46)22-51-40(43)44)32-30(52-27-13-10-9-12-26(27)49-4)33(50-5)38-31(37-32)24-17-19-35-20-18-24/h9-10,12-13,15-21,25,43-46H,6-8,11,14,22H2,1-5H3. The first-order chi connectivity index (χ1) is 26.2. The number of anilines is 1. The number of hydrogen-bond donors (Lipinski definition) is 4. The predicted octanol–water partition coefficient (Wildman–Crippen LogP) is 4.87.